The van der Waals surface area contributed by atoms with Crippen LogP contribution in [0.2, 0.25) is 10.3 Å². The molecule has 2 rings (SSSR count). The molecule has 0 atom stereocenters. The van der Waals surface area contributed by atoms with E-state index in [-0.39, 0.29) is 32.7 Å². The van der Waals surface area contributed by atoms with Gasteiger partial charge in [0.25, 0.3) is 5.91 Å². The minimum absolute atomic E-state index is 0.0707. The molecule has 4 nitrogen and oxygen atoms in total. The lowest BCUT2D eigenvalue weighted by Crippen LogP contribution is -2.13. The number of halogens is 3. The fraction of sp³-hybridized carbons (Fsp3) is 0.0714. The molecule has 21 heavy (non-hydrogen) atoms. The van der Waals surface area contributed by atoms with E-state index in [2.05, 4.69) is 10.3 Å². The Labute approximate surface area is 130 Å². The maximum absolute atomic E-state index is 13.7. The van der Waals surface area contributed by atoms with Crippen molar-refractivity contribution in [2.24, 2.45) is 0 Å². The molecule has 7 heteroatoms. The summed E-state index contributed by atoms with van der Waals surface area (Å²) in [5, 5.41) is 11.5. The van der Waals surface area contributed by atoms with Crippen LogP contribution in [0.1, 0.15) is 21.5 Å². The Bertz CT molecular complexity index is 751. The van der Waals surface area contributed by atoms with Crippen molar-refractivity contribution in [3.05, 3.63) is 57.1 Å². The van der Waals surface area contributed by atoms with Crippen molar-refractivity contribution < 1.29 is 9.18 Å². The molecular weight excluding hydrogens is 316 g/mol. The number of nitriles is 1. The third-order valence-corrected chi connectivity index (χ3v) is 3.13. The Hall–Kier alpha value is -2.16. The molecule has 0 radical (unpaired) electrons. The number of amides is 1. The Morgan fingerprint density at radius 3 is 2.48 bits per heavy atom. The molecule has 1 amide bonds. The molecule has 0 aliphatic rings. The second-order valence-electron chi connectivity index (χ2n) is 4.20. The maximum atomic E-state index is 13.7. The summed E-state index contributed by atoms with van der Waals surface area (Å²) in [6.45, 7) is 1.50. The molecular formula is C14H8Cl2FN3O. The van der Waals surface area contributed by atoms with Crippen molar-refractivity contribution >= 4 is 34.8 Å². The number of nitrogens with one attached hydrogen (secondary N) is 1. The third kappa shape index (κ3) is 3.48. The summed E-state index contributed by atoms with van der Waals surface area (Å²) >= 11 is 11.4. The van der Waals surface area contributed by atoms with Crippen LogP contribution in [0, 0.1) is 24.1 Å². The first-order valence-corrected chi connectivity index (χ1v) is 6.51. The molecule has 0 fully saturated rings. The molecule has 2 aromatic rings. The van der Waals surface area contributed by atoms with E-state index in [1.807, 2.05) is 6.07 Å². The van der Waals surface area contributed by atoms with E-state index >= 15 is 0 Å². The van der Waals surface area contributed by atoms with Gasteiger partial charge in [0.05, 0.1) is 11.6 Å². The van der Waals surface area contributed by atoms with E-state index in [4.69, 9.17) is 28.5 Å². The number of carbonyl (C=O) groups is 1. The van der Waals surface area contributed by atoms with Crippen molar-refractivity contribution in [3.8, 4) is 6.07 Å². The highest BCUT2D eigenvalue weighted by Crippen LogP contribution is 2.22. The fourth-order valence-corrected chi connectivity index (χ4v) is 2.12. The van der Waals surface area contributed by atoms with Crippen molar-refractivity contribution in [1.82, 2.24) is 4.98 Å². The third-order valence-electron chi connectivity index (χ3n) is 2.75. The summed E-state index contributed by atoms with van der Waals surface area (Å²) in [6, 6.07) is 6.99. The zero-order valence-corrected chi connectivity index (χ0v) is 12.3. The van der Waals surface area contributed by atoms with Gasteiger partial charge >= 0.3 is 0 Å². The standard InChI is InChI=1S/C14H8Cl2FN3O/c1-7-10(17)2-8(6-18)3-11(7)19-14(21)9-4-12(15)20-13(16)5-9/h2-5H,1H3,(H,19,21). The molecule has 1 aromatic carbocycles. The van der Waals surface area contributed by atoms with Crippen molar-refractivity contribution in [1.29, 1.82) is 5.26 Å². The second kappa shape index (κ2) is 6.08. The normalized spacial score (nSPS) is 10.0. The van der Waals surface area contributed by atoms with Crippen LogP contribution in [0.15, 0.2) is 24.3 Å². The number of nitrogens with zero attached hydrogens (tertiary/aromatic N) is 2. The van der Waals surface area contributed by atoms with Crippen LogP contribution in [0.5, 0.6) is 0 Å². The summed E-state index contributed by atoms with van der Waals surface area (Å²) < 4.78 is 13.7. The topological polar surface area (TPSA) is 65.8 Å². The van der Waals surface area contributed by atoms with Crippen molar-refractivity contribution in [3.63, 3.8) is 0 Å². The van der Waals surface area contributed by atoms with Crippen LogP contribution in [-0.2, 0) is 0 Å². The lowest BCUT2D eigenvalue weighted by atomic mass is 10.1. The first kappa shape index (κ1) is 15.2. The van der Waals surface area contributed by atoms with Crippen LogP contribution >= 0.6 is 23.2 Å². The van der Waals surface area contributed by atoms with Crippen molar-refractivity contribution in [2.45, 2.75) is 6.92 Å². The summed E-state index contributed by atoms with van der Waals surface area (Å²) in [5.41, 5.74) is 0.732. The zero-order valence-electron chi connectivity index (χ0n) is 10.7. The van der Waals surface area contributed by atoms with E-state index in [1.165, 1.54) is 25.1 Å². The van der Waals surface area contributed by atoms with Gasteiger partial charge in [-0.05, 0) is 31.2 Å². The number of rotatable bonds is 2. The van der Waals surface area contributed by atoms with E-state index in [0.29, 0.717) is 0 Å². The van der Waals surface area contributed by atoms with Crippen molar-refractivity contribution in [2.75, 3.05) is 5.32 Å². The van der Waals surface area contributed by atoms with Gasteiger partial charge in [0.2, 0.25) is 0 Å². The predicted molar refractivity (Wildman–Crippen MR) is 78.1 cm³/mol. The predicted octanol–water partition coefficient (Wildman–Crippen LogP) is 3.96. The number of pyridine rings is 1. The number of carbonyl (C=O) groups excluding carboxylic acids is 1. The minimum Gasteiger partial charge on any atom is -0.322 e. The van der Waals surface area contributed by atoms with Gasteiger partial charge in [-0.3, -0.25) is 4.79 Å². The molecule has 0 aliphatic carbocycles. The fourth-order valence-electron chi connectivity index (χ4n) is 1.66. The highest BCUT2D eigenvalue weighted by molar-refractivity contribution is 6.33. The van der Waals surface area contributed by atoms with Gasteiger partial charge in [0.1, 0.15) is 16.1 Å². The van der Waals surface area contributed by atoms with Gasteiger partial charge in [-0.25, -0.2) is 9.37 Å². The molecule has 1 heterocycles. The minimum atomic E-state index is -0.574. The number of anilines is 1. The van der Waals surface area contributed by atoms with Crippen LogP contribution in [0.25, 0.3) is 0 Å². The zero-order chi connectivity index (χ0) is 15.6. The monoisotopic (exact) mass is 323 g/mol. The first-order chi connectivity index (χ1) is 9.90. The molecule has 0 spiro atoms. The second-order valence-corrected chi connectivity index (χ2v) is 4.97. The average Bonchev–Trinajstić information content (AvgIpc) is 2.42. The lowest BCUT2D eigenvalue weighted by Gasteiger charge is -2.10. The Morgan fingerprint density at radius 2 is 1.90 bits per heavy atom. The first-order valence-electron chi connectivity index (χ1n) is 5.75. The summed E-state index contributed by atoms with van der Waals surface area (Å²) in [5.74, 6) is -1.10. The smallest absolute Gasteiger partial charge is 0.255 e. The molecule has 0 saturated carbocycles. The number of hydrogen-bond donors (Lipinski definition) is 1. The van der Waals surface area contributed by atoms with Gasteiger partial charge in [0, 0.05) is 16.8 Å². The molecule has 106 valence electrons. The molecule has 0 bridgehead atoms. The van der Waals surface area contributed by atoms with Crippen LogP contribution in [0.3, 0.4) is 0 Å². The highest BCUT2D eigenvalue weighted by Gasteiger charge is 2.13. The number of benzene rings is 1. The van der Waals surface area contributed by atoms with Gasteiger partial charge in [0.15, 0.2) is 0 Å². The SMILES string of the molecule is Cc1c(F)cc(C#N)cc1NC(=O)c1cc(Cl)nc(Cl)c1. The number of aromatic nitrogens is 1. The van der Waals surface area contributed by atoms with Crippen LogP contribution < -0.4 is 5.32 Å². The van der Waals surface area contributed by atoms with Crippen LogP contribution in [0.4, 0.5) is 10.1 Å². The maximum Gasteiger partial charge on any atom is 0.255 e. The summed E-state index contributed by atoms with van der Waals surface area (Å²) in [7, 11) is 0. The van der Waals surface area contributed by atoms with E-state index < -0.39 is 11.7 Å². The molecule has 0 unspecified atom stereocenters. The largest absolute Gasteiger partial charge is 0.322 e. The molecule has 1 N–H and O–H groups in total. The Morgan fingerprint density at radius 1 is 1.29 bits per heavy atom. The lowest BCUT2D eigenvalue weighted by molar-refractivity contribution is 0.102. The Kier molecular flexibility index (Phi) is 4.41. The van der Waals surface area contributed by atoms with E-state index in [0.717, 1.165) is 6.07 Å². The molecule has 0 saturated heterocycles. The Balaban J connectivity index is 2.36. The summed E-state index contributed by atoms with van der Waals surface area (Å²) in [6.07, 6.45) is 0. The number of hydrogen-bond acceptors (Lipinski definition) is 3. The van der Waals surface area contributed by atoms with E-state index in [9.17, 15) is 9.18 Å². The van der Waals surface area contributed by atoms with Gasteiger partial charge in [-0.15, -0.1) is 0 Å². The molecule has 0 aliphatic heterocycles. The summed E-state index contributed by atoms with van der Waals surface area (Å²) in [4.78, 5) is 15.9. The van der Waals surface area contributed by atoms with Gasteiger partial charge in [-0.1, -0.05) is 23.2 Å². The van der Waals surface area contributed by atoms with Gasteiger partial charge < -0.3 is 5.32 Å². The quantitative estimate of drug-likeness (QED) is 0.850. The van der Waals surface area contributed by atoms with Gasteiger partial charge in [-0.2, -0.15) is 5.26 Å². The van der Waals surface area contributed by atoms with Crippen LogP contribution in [-0.4, -0.2) is 10.9 Å². The average molecular weight is 324 g/mol. The molecule has 1 aromatic heterocycles. The van der Waals surface area contributed by atoms with E-state index in [1.54, 1.807) is 0 Å². The highest BCUT2D eigenvalue weighted by atomic mass is 35.5.